The average molecular weight is 392 g/mol. The Morgan fingerprint density at radius 1 is 1.33 bits per heavy atom. The van der Waals surface area contributed by atoms with Crippen molar-refractivity contribution in [3.05, 3.63) is 47.8 Å². The molecular weight excluding hydrogens is 362 g/mol. The first kappa shape index (κ1) is 21.0. The van der Waals surface area contributed by atoms with E-state index in [4.69, 9.17) is 0 Å². The van der Waals surface area contributed by atoms with Crippen molar-refractivity contribution in [2.24, 2.45) is 10.9 Å². The number of aromatic nitrogens is 2. The van der Waals surface area contributed by atoms with Crippen LogP contribution in [0.1, 0.15) is 25.0 Å². The summed E-state index contributed by atoms with van der Waals surface area (Å²) in [6.45, 7) is 8.85. The number of hydrogen-bond acceptors (Lipinski definition) is 4. The molecule has 0 aliphatic rings. The molecule has 0 aliphatic heterocycles. The summed E-state index contributed by atoms with van der Waals surface area (Å²) in [5.74, 6) is 1.14. The Labute approximate surface area is 161 Å². The zero-order valence-corrected chi connectivity index (χ0v) is 17.3. The molecule has 7 nitrogen and oxygen atoms in total. The van der Waals surface area contributed by atoms with Crippen LogP contribution in [-0.2, 0) is 22.9 Å². The molecule has 2 aromatic rings. The number of hydrogen-bond donors (Lipinski definition) is 2. The van der Waals surface area contributed by atoms with Gasteiger partial charge >= 0.3 is 0 Å². The Kier molecular flexibility index (Phi) is 7.41. The Morgan fingerprint density at radius 3 is 2.70 bits per heavy atom. The fraction of sp³-hybridized carbons (Fsp3) is 0.474. The number of aliphatic imine (C=N–C) groups is 1. The molecule has 1 heterocycles. The molecule has 1 atom stereocenters. The Balaban J connectivity index is 1.97. The summed E-state index contributed by atoms with van der Waals surface area (Å²) < 4.78 is 25.4. The number of rotatable bonds is 8. The van der Waals surface area contributed by atoms with E-state index in [1.54, 1.807) is 12.3 Å². The van der Waals surface area contributed by atoms with Gasteiger partial charge in [0, 0.05) is 38.3 Å². The fourth-order valence-corrected chi connectivity index (χ4v) is 3.76. The Bertz CT molecular complexity index is 860. The molecule has 0 saturated heterocycles. The van der Waals surface area contributed by atoms with Gasteiger partial charge in [0.25, 0.3) is 0 Å². The van der Waals surface area contributed by atoms with Gasteiger partial charge in [-0.3, -0.25) is 4.68 Å². The van der Waals surface area contributed by atoms with Gasteiger partial charge in [-0.25, -0.2) is 13.4 Å². The van der Waals surface area contributed by atoms with Crippen LogP contribution in [0.15, 0.2) is 46.5 Å². The molecule has 0 fully saturated rings. The summed E-state index contributed by atoms with van der Waals surface area (Å²) in [5.41, 5.74) is 1.72. The predicted molar refractivity (Wildman–Crippen MR) is 108 cm³/mol. The van der Waals surface area contributed by atoms with E-state index in [0.717, 1.165) is 36.7 Å². The lowest BCUT2D eigenvalue weighted by Crippen LogP contribution is -2.40. The standard InChI is InChI=1S/C19H29N5O2S/c1-5-20-19(21-12-15(2)14-24-10-6-9-23-24)22-13-17-7-8-18(16(3)11-17)27(4,25)26/h6-11,15H,5,12-14H2,1-4H3,(H2,20,21,22). The molecule has 1 aromatic heterocycles. The van der Waals surface area contributed by atoms with Gasteiger partial charge in [0.15, 0.2) is 15.8 Å². The summed E-state index contributed by atoms with van der Waals surface area (Å²) in [4.78, 5) is 4.98. The maximum Gasteiger partial charge on any atom is 0.191 e. The first-order chi connectivity index (χ1) is 12.8. The van der Waals surface area contributed by atoms with Gasteiger partial charge in [0.1, 0.15) is 0 Å². The number of guanidine groups is 1. The number of benzene rings is 1. The van der Waals surface area contributed by atoms with Gasteiger partial charge in [-0.05, 0) is 43.0 Å². The number of nitrogens with zero attached hydrogens (tertiary/aromatic N) is 3. The van der Waals surface area contributed by atoms with E-state index in [1.807, 2.05) is 42.9 Å². The average Bonchev–Trinajstić information content (AvgIpc) is 3.09. The van der Waals surface area contributed by atoms with Crippen LogP contribution in [0.4, 0.5) is 0 Å². The first-order valence-corrected chi connectivity index (χ1v) is 11.0. The van der Waals surface area contributed by atoms with Crippen molar-refractivity contribution < 1.29 is 8.42 Å². The minimum absolute atomic E-state index is 0.368. The topological polar surface area (TPSA) is 88.4 Å². The molecule has 0 amide bonds. The van der Waals surface area contributed by atoms with Crippen LogP contribution in [0, 0.1) is 12.8 Å². The lowest BCUT2D eigenvalue weighted by Gasteiger charge is -2.16. The quantitative estimate of drug-likeness (QED) is 0.531. The van der Waals surface area contributed by atoms with Crippen molar-refractivity contribution in [3.8, 4) is 0 Å². The molecular formula is C19H29N5O2S. The number of sulfone groups is 1. The molecule has 2 N–H and O–H groups in total. The van der Waals surface area contributed by atoms with Crippen LogP contribution in [0.25, 0.3) is 0 Å². The first-order valence-electron chi connectivity index (χ1n) is 9.08. The molecule has 0 spiro atoms. The second-order valence-corrected chi connectivity index (χ2v) is 8.77. The molecule has 27 heavy (non-hydrogen) atoms. The predicted octanol–water partition coefficient (Wildman–Crippen LogP) is 1.99. The van der Waals surface area contributed by atoms with E-state index >= 15 is 0 Å². The molecule has 8 heteroatoms. The lowest BCUT2D eigenvalue weighted by molar-refractivity contribution is 0.443. The molecule has 0 bridgehead atoms. The molecule has 1 aromatic carbocycles. The van der Waals surface area contributed by atoms with E-state index in [2.05, 4.69) is 27.6 Å². The summed E-state index contributed by atoms with van der Waals surface area (Å²) in [6.07, 6.45) is 4.96. The molecule has 2 rings (SSSR count). The number of nitrogens with one attached hydrogen (secondary N) is 2. The zero-order chi connectivity index (χ0) is 19.9. The van der Waals surface area contributed by atoms with Crippen LogP contribution in [0.5, 0.6) is 0 Å². The summed E-state index contributed by atoms with van der Waals surface area (Å²) in [6, 6.07) is 7.27. The van der Waals surface area contributed by atoms with E-state index in [0.29, 0.717) is 17.4 Å². The minimum Gasteiger partial charge on any atom is -0.357 e. The highest BCUT2D eigenvalue weighted by molar-refractivity contribution is 7.90. The molecule has 0 saturated carbocycles. The van der Waals surface area contributed by atoms with Crippen molar-refractivity contribution in [2.75, 3.05) is 19.3 Å². The van der Waals surface area contributed by atoms with Crippen LogP contribution in [-0.4, -0.2) is 43.5 Å². The second kappa shape index (κ2) is 9.55. The third-order valence-electron chi connectivity index (χ3n) is 4.08. The van der Waals surface area contributed by atoms with E-state index in [-0.39, 0.29) is 0 Å². The Hall–Kier alpha value is -2.35. The minimum atomic E-state index is -3.20. The second-order valence-electron chi connectivity index (χ2n) is 6.78. The molecule has 0 radical (unpaired) electrons. The highest BCUT2D eigenvalue weighted by Gasteiger charge is 2.11. The normalized spacial score (nSPS) is 13.4. The lowest BCUT2D eigenvalue weighted by atomic mass is 10.1. The molecule has 0 aliphatic carbocycles. The monoisotopic (exact) mass is 391 g/mol. The van der Waals surface area contributed by atoms with E-state index in [1.165, 1.54) is 6.26 Å². The zero-order valence-electron chi connectivity index (χ0n) is 16.4. The highest BCUT2D eigenvalue weighted by Crippen LogP contribution is 2.17. The highest BCUT2D eigenvalue weighted by atomic mass is 32.2. The third kappa shape index (κ3) is 6.71. The van der Waals surface area contributed by atoms with Gasteiger partial charge in [-0.1, -0.05) is 19.1 Å². The summed E-state index contributed by atoms with van der Waals surface area (Å²) in [7, 11) is -3.20. The summed E-state index contributed by atoms with van der Waals surface area (Å²) >= 11 is 0. The van der Waals surface area contributed by atoms with Crippen molar-refractivity contribution in [2.45, 2.75) is 38.8 Å². The number of aryl methyl sites for hydroxylation is 1. The van der Waals surface area contributed by atoms with Gasteiger partial charge in [0.2, 0.25) is 0 Å². The Morgan fingerprint density at radius 2 is 2.11 bits per heavy atom. The molecule has 1 unspecified atom stereocenters. The molecule has 148 valence electrons. The van der Waals surface area contributed by atoms with Crippen LogP contribution in [0.2, 0.25) is 0 Å². The maximum atomic E-state index is 11.7. The fourth-order valence-electron chi connectivity index (χ4n) is 2.80. The van der Waals surface area contributed by atoms with Crippen molar-refractivity contribution in [1.29, 1.82) is 0 Å². The van der Waals surface area contributed by atoms with Crippen molar-refractivity contribution in [3.63, 3.8) is 0 Å². The van der Waals surface area contributed by atoms with Gasteiger partial charge in [0.05, 0.1) is 11.4 Å². The third-order valence-corrected chi connectivity index (χ3v) is 5.34. The van der Waals surface area contributed by atoms with Crippen LogP contribution in [0.3, 0.4) is 0 Å². The maximum absolute atomic E-state index is 11.7. The van der Waals surface area contributed by atoms with Crippen LogP contribution >= 0.6 is 0 Å². The van der Waals surface area contributed by atoms with Gasteiger partial charge in [-0.2, -0.15) is 5.10 Å². The SMILES string of the molecule is CCNC(=NCc1ccc(S(C)(=O)=O)c(C)c1)NCC(C)Cn1cccn1. The summed E-state index contributed by atoms with van der Waals surface area (Å²) in [5, 5.41) is 10.8. The van der Waals surface area contributed by atoms with Gasteiger partial charge < -0.3 is 10.6 Å². The van der Waals surface area contributed by atoms with Crippen LogP contribution < -0.4 is 10.6 Å². The smallest absolute Gasteiger partial charge is 0.191 e. The van der Waals surface area contributed by atoms with Crippen molar-refractivity contribution in [1.82, 2.24) is 20.4 Å². The van der Waals surface area contributed by atoms with Gasteiger partial charge in [-0.15, -0.1) is 0 Å². The largest absolute Gasteiger partial charge is 0.357 e. The van der Waals surface area contributed by atoms with E-state index < -0.39 is 9.84 Å². The van der Waals surface area contributed by atoms with Crippen molar-refractivity contribution >= 4 is 15.8 Å². The van der Waals surface area contributed by atoms with E-state index in [9.17, 15) is 8.42 Å².